The lowest BCUT2D eigenvalue weighted by atomic mass is 10.1. The molecule has 0 amide bonds. The van der Waals surface area contributed by atoms with E-state index in [1.54, 1.807) is 24.3 Å². The summed E-state index contributed by atoms with van der Waals surface area (Å²) < 4.78 is 27.1. The third-order valence-corrected chi connectivity index (χ3v) is 6.41. The Labute approximate surface area is 181 Å². The Hall–Kier alpha value is -3.01. The Morgan fingerprint density at radius 1 is 1.00 bits per heavy atom. The summed E-state index contributed by atoms with van der Waals surface area (Å²) in [5.74, 6) is -1.47. The minimum Gasteiger partial charge on any atom is -0.480 e. The fourth-order valence-electron chi connectivity index (χ4n) is 2.85. The summed E-state index contributed by atoms with van der Waals surface area (Å²) in [6.07, 6.45) is 0. The molecule has 0 radical (unpaired) electrons. The van der Waals surface area contributed by atoms with Crippen molar-refractivity contribution in [1.29, 1.82) is 0 Å². The summed E-state index contributed by atoms with van der Waals surface area (Å²) in [4.78, 5) is 11.2. The van der Waals surface area contributed by atoms with Gasteiger partial charge >= 0.3 is 5.97 Å². The van der Waals surface area contributed by atoms with Gasteiger partial charge in [0.15, 0.2) is 5.84 Å². The molecule has 0 aliphatic heterocycles. The van der Waals surface area contributed by atoms with Crippen molar-refractivity contribution in [1.82, 2.24) is 0 Å². The second-order valence-electron chi connectivity index (χ2n) is 6.24. The van der Waals surface area contributed by atoms with Gasteiger partial charge in [0.2, 0.25) is 0 Å². The molecule has 0 unspecified atom stereocenters. The number of fused-ring (bicyclic) bond motifs is 1. The number of hydrogen-bond donors (Lipinski definition) is 3. The van der Waals surface area contributed by atoms with Gasteiger partial charge in [-0.3, -0.25) is 9.10 Å². The molecular weight excluding hydrogens is 453 g/mol. The smallest absolute Gasteiger partial charge is 0.324 e. The van der Waals surface area contributed by atoms with E-state index in [0.717, 1.165) is 9.69 Å². The molecule has 0 heterocycles. The van der Waals surface area contributed by atoms with Crippen LogP contribution in [-0.2, 0) is 14.8 Å². The number of rotatable bonds is 6. The maximum absolute atomic E-state index is 13.2. The molecule has 4 N–H and O–H groups in total. The Morgan fingerprint density at radius 3 is 2.23 bits per heavy atom. The predicted octanol–water partition coefficient (Wildman–Crippen LogP) is 3.52. The Bertz CT molecular complexity index is 1260. The number of amidine groups is 1. The van der Waals surface area contributed by atoms with Crippen molar-refractivity contribution in [2.24, 2.45) is 10.9 Å². The van der Waals surface area contributed by atoms with Crippen LogP contribution in [0.1, 0.15) is 5.56 Å². The Morgan fingerprint density at radius 2 is 1.63 bits per heavy atom. The number of sulfonamides is 1. The van der Waals surface area contributed by atoms with Crippen molar-refractivity contribution in [3.63, 3.8) is 0 Å². The van der Waals surface area contributed by atoms with Crippen LogP contribution in [0, 0.1) is 0 Å². The largest absolute Gasteiger partial charge is 0.480 e. The van der Waals surface area contributed by atoms with Crippen molar-refractivity contribution in [2.75, 3.05) is 10.8 Å². The van der Waals surface area contributed by atoms with E-state index < -0.39 is 22.5 Å². The first-order valence-electron chi connectivity index (χ1n) is 8.34. The number of carboxylic acids is 1. The molecule has 8 nitrogen and oxygen atoms in total. The van der Waals surface area contributed by atoms with Crippen molar-refractivity contribution in [2.45, 2.75) is 4.90 Å². The summed E-state index contributed by atoms with van der Waals surface area (Å²) >= 11 is 11.8. The zero-order valence-electron chi connectivity index (χ0n) is 15.2. The van der Waals surface area contributed by atoms with Gasteiger partial charge in [0, 0.05) is 15.6 Å². The molecule has 3 aromatic carbocycles. The molecule has 0 saturated carbocycles. The molecule has 156 valence electrons. The van der Waals surface area contributed by atoms with Crippen molar-refractivity contribution < 1.29 is 23.5 Å². The normalized spacial score (nSPS) is 12.1. The van der Waals surface area contributed by atoms with Gasteiger partial charge in [0.1, 0.15) is 6.54 Å². The number of aliphatic carboxylic acids is 1. The number of anilines is 1. The number of benzene rings is 3. The van der Waals surface area contributed by atoms with Crippen LogP contribution in [0.5, 0.6) is 0 Å². The van der Waals surface area contributed by atoms with E-state index >= 15 is 0 Å². The van der Waals surface area contributed by atoms with Gasteiger partial charge in [0.05, 0.1) is 10.6 Å². The molecule has 3 rings (SSSR count). The highest BCUT2D eigenvalue weighted by Crippen LogP contribution is 2.30. The fourth-order valence-corrected chi connectivity index (χ4v) is 4.98. The molecule has 0 saturated heterocycles. The van der Waals surface area contributed by atoms with Gasteiger partial charge < -0.3 is 16.0 Å². The average molecular weight is 468 g/mol. The second-order valence-corrected chi connectivity index (χ2v) is 8.98. The molecule has 0 bridgehead atoms. The molecule has 0 aromatic heterocycles. The molecule has 0 aliphatic carbocycles. The van der Waals surface area contributed by atoms with Gasteiger partial charge in [-0.1, -0.05) is 46.6 Å². The number of carboxylic acid groups (broad SMARTS) is 1. The number of nitrogens with zero attached hydrogens (tertiary/aromatic N) is 2. The van der Waals surface area contributed by atoms with Crippen molar-refractivity contribution in [3.8, 4) is 0 Å². The quantitative estimate of drug-likeness (QED) is 0.219. The minimum absolute atomic E-state index is 0.0956. The molecular formula is C19H15Cl2N3O5S. The van der Waals surface area contributed by atoms with Gasteiger partial charge in [-0.25, -0.2) is 8.42 Å². The van der Waals surface area contributed by atoms with Gasteiger partial charge in [-0.05, 0) is 47.2 Å². The maximum Gasteiger partial charge on any atom is 0.324 e. The number of halogens is 2. The Balaban J connectivity index is 2.17. The van der Waals surface area contributed by atoms with E-state index in [4.69, 9.17) is 34.1 Å². The van der Waals surface area contributed by atoms with Crippen LogP contribution in [0.25, 0.3) is 10.8 Å². The van der Waals surface area contributed by atoms with E-state index in [1.165, 1.54) is 30.3 Å². The van der Waals surface area contributed by atoms with Gasteiger partial charge in [-0.15, -0.1) is 0 Å². The summed E-state index contributed by atoms with van der Waals surface area (Å²) in [6.45, 7) is -0.822. The summed E-state index contributed by atoms with van der Waals surface area (Å²) in [7, 11) is -4.30. The zero-order valence-corrected chi connectivity index (χ0v) is 17.5. The molecule has 0 spiro atoms. The van der Waals surface area contributed by atoms with Crippen LogP contribution in [-0.4, -0.2) is 37.1 Å². The summed E-state index contributed by atoms with van der Waals surface area (Å²) in [6, 6.07) is 13.3. The standard InChI is InChI=1S/C19H15Cl2N3O5S/c20-14-7-15(21)9-17(8-14)30(28,29)24(10-18(25)26)16-4-3-11-1-2-12(19(22)23-27)5-13(11)6-16/h1-9,27H,10H2,(H2,22,23)(H,25,26). The maximum atomic E-state index is 13.2. The van der Waals surface area contributed by atoms with E-state index in [9.17, 15) is 18.3 Å². The summed E-state index contributed by atoms with van der Waals surface area (Å²) in [5.41, 5.74) is 6.14. The van der Waals surface area contributed by atoms with E-state index in [0.29, 0.717) is 10.9 Å². The number of carbonyl (C=O) groups is 1. The Kier molecular flexibility index (Phi) is 6.06. The van der Waals surface area contributed by atoms with Crippen LogP contribution in [0.3, 0.4) is 0 Å². The lowest BCUT2D eigenvalue weighted by Gasteiger charge is -2.23. The van der Waals surface area contributed by atoms with Crippen LogP contribution >= 0.6 is 23.2 Å². The average Bonchev–Trinajstić information content (AvgIpc) is 2.69. The highest BCUT2D eigenvalue weighted by atomic mass is 35.5. The van der Waals surface area contributed by atoms with E-state index in [-0.39, 0.29) is 26.5 Å². The second kappa shape index (κ2) is 8.39. The first-order valence-corrected chi connectivity index (χ1v) is 10.5. The number of oxime groups is 1. The number of hydrogen-bond acceptors (Lipinski definition) is 5. The molecule has 11 heteroatoms. The molecule has 3 aromatic rings. The molecule has 0 atom stereocenters. The molecule has 0 fully saturated rings. The first kappa shape index (κ1) is 21.7. The lowest BCUT2D eigenvalue weighted by molar-refractivity contribution is -0.135. The highest BCUT2D eigenvalue weighted by molar-refractivity contribution is 7.92. The van der Waals surface area contributed by atoms with Crippen LogP contribution < -0.4 is 10.0 Å². The van der Waals surface area contributed by atoms with E-state index in [2.05, 4.69) is 5.16 Å². The van der Waals surface area contributed by atoms with E-state index in [1.807, 2.05) is 0 Å². The zero-order chi connectivity index (χ0) is 22.1. The van der Waals surface area contributed by atoms with Gasteiger partial charge in [-0.2, -0.15) is 0 Å². The third-order valence-electron chi connectivity index (χ3n) is 4.22. The predicted molar refractivity (Wildman–Crippen MR) is 115 cm³/mol. The fraction of sp³-hybridized carbons (Fsp3) is 0.0526. The topological polar surface area (TPSA) is 133 Å². The van der Waals surface area contributed by atoms with Crippen LogP contribution in [0.4, 0.5) is 5.69 Å². The van der Waals surface area contributed by atoms with Crippen LogP contribution in [0.15, 0.2) is 64.6 Å². The van der Waals surface area contributed by atoms with Crippen LogP contribution in [0.2, 0.25) is 10.0 Å². The summed E-state index contributed by atoms with van der Waals surface area (Å²) in [5, 5.41) is 22.6. The first-order chi connectivity index (χ1) is 14.1. The number of nitrogens with two attached hydrogens (primary N) is 1. The highest BCUT2D eigenvalue weighted by Gasteiger charge is 2.28. The lowest BCUT2D eigenvalue weighted by Crippen LogP contribution is -2.35. The third kappa shape index (κ3) is 4.43. The van der Waals surface area contributed by atoms with Crippen molar-refractivity contribution >= 4 is 61.5 Å². The molecule has 0 aliphatic rings. The minimum atomic E-state index is -4.30. The van der Waals surface area contributed by atoms with Crippen molar-refractivity contribution in [3.05, 3.63) is 70.2 Å². The van der Waals surface area contributed by atoms with Gasteiger partial charge in [0.25, 0.3) is 10.0 Å². The SMILES string of the molecule is NC(=NO)c1ccc2ccc(N(CC(=O)O)S(=O)(=O)c3cc(Cl)cc(Cl)c3)cc2c1. The monoisotopic (exact) mass is 467 g/mol. The molecule has 30 heavy (non-hydrogen) atoms.